The number of benzene rings is 1. The van der Waals surface area contributed by atoms with Crippen LogP contribution in [0.15, 0.2) is 30.5 Å². The lowest BCUT2D eigenvalue weighted by atomic mass is 9.78. The molecule has 6 rings (SSSR count). The fourth-order valence-electron chi connectivity index (χ4n) is 5.09. The smallest absolute Gasteiger partial charge is 0.248 e. The van der Waals surface area contributed by atoms with E-state index in [2.05, 4.69) is 30.4 Å². The standard InChI is InChI=1S/C24H21F3N8O/c1-23(12-3-5-13(25)6-4-12)16-18(28)32-20(33-19(16)34-22(23)36)17-14-10-29-35(2)21(14)31-15(30-17)7-11-8-24(26,27)9-11/h3-6,10-11H,7-9H2,1-2H3,(H3,28,32,33,34,36). The molecule has 1 atom stereocenters. The van der Waals surface area contributed by atoms with Gasteiger partial charge in [-0.25, -0.2) is 33.1 Å². The van der Waals surface area contributed by atoms with Gasteiger partial charge >= 0.3 is 0 Å². The minimum atomic E-state index is -2.64. The number of rotatable bonds is 4. The summed E-state index contributed by atoms with van der Waals surface area (Å²) in [7, 11) is 1.71. The molecule has 1 aromatic carbocycles. The number of hydrogen-bond donors (Lipinski definition) is 2. The van der Waals surface area contributed by atoms with Crippen LogP contribution in [0.2, 0.25) is 0 Å². The number of amides is 1. The molecule has 1 aliphatic carbocycles. The van der Waals surface area contributed by atoms with Crippen LogP contribution in [-0.4, -0.2) is 41.5 Å². The van der Waals surface area contributed by atoms with Crippen molar-refractivity contribution in [2.75, 3.05) is 11.1 Å². The number of nitrogen functional groups attached to an aromatic ring is 1. The summed E-state index contributed by atoms with van der Waals surface area (Å²) in [5, 5.41) is 7.57. The molecular weight excluding hydrogens is 473 g/mol. The van der Waals surface area contributed by atoms with Gasteiger partial charge in [0, 0.05) is 26.3 Å². The highest BCUT2D eigenvalue weighted by molar-refractivity contribution is 6.09. The number of anilines is 2. The molecule has 3 aromatic heterocycles. The van der Waals surface area contributed by atoms with Crippen LogP contribution in [0, 0.1) is 11.7 Å². The number of aryl methyl sites for hydroxylation is 1. The number of hydrogen-bond acceptors (Lipinski definition) is 7. The zero-order chi connectivity index (χ0) is 25.4. The highest BCUT2D eigenvalue weighted by atomic mass is 19.3. The van der Waals surface area contributed by atoms with Crippen molar-refractivity contribution in [3.63, 3.8) is 0 Å². The molecule has 2 aliphatic rings. The minimum absolute atomic E-state index is 0.0658. The van der Waals surface area contributed by atoms with E-state index in [1.165, 1.54) is 24.3 Å². The van der Waals surface area contributed by atoms with Gasteiger partial charge in [-0.3, -0.25) is 9.48 Å². The quantitative estimate of drug-likeness (QED) is 0.446. The number of halogens is 3. The van der Waals surface area contributed by atoms with E-state index in [9.17, 15) is 18.0 Å². The zero-order valence-corrected chi connectivity index (χ0v) is 19.4. The fourth-order valence-corrected chi connectivity index (χ4v) is 5.09. The van der Waals surface area contributed by atoms with E-state index in [0.29, 0.717) is 33.7 Å². The Kier molecular flexibility index (Phi) is 4.63. The molecule has 0 bridgehead atoms. The first-order chi connectivity index (χ1) is 17.0. The lowest BCUT2D eigenvalue weighted by Gasteiger charge is -2.34. The van der Waals surface area contributed by atoms with Crippen LogP contribution in [-0.2, 0) is 23.7 Å². The molecule has 9 nitrogen and oxygen atoms in total. The summed E-state index contributed by atoms with van der Waals surface area (Å²) in [6.45, 7) is 1.68. The minimum Gasteiger partial charge on any atom is -0.383 e. The van der Waals surface area contributed by atoms with Crippen molar-refractivity contribution >= 4 is 28.6 Å². The highest BCUT2D eigenvalue weighted by Gasteiger charge is 2.48. The molecule has 4 heterocycles. The molecule has 3 N–H and O–H groups in total. The second kappa shape index (κ2) is 7.45. The van der Waals surface area contributed by atoms with Crippen LogP contribution in [0.1, 0.15) is 36.7 Å². The van der Waals surface area contributed by atoms with Crippen molar-refractivity contribution in [2.45, 2.75) is 37.5 Å². The summed E-state index contributed by atoms with van der Waals surface area (Å²) in [4.78, 5) is 31.3. The zero-order valence-electron chi connectivity index (χ0n) is 19.4. The van der Waals surface area contributed by atoms with Gasteiger partial charge in [-0.15, -0.1) is 0 Å². The first-order valence-electron chi connectivity index (χ1n) is 11.4. The van der Waals surface area contributed by atoms with Gasteiger partial charge < -0.3 is 11.1 Å². The van der Waals surface area contributed by atoms with Gasteiger partial charge in [0.05, 0.1) is 17.1 Å². The third kappa shape index (κ3) is 3.31. The number of nitrogens with two attached hydrogens (primary N) is 1. The molecule has 36 heavy (non-hydrogen) atoms. The van der Waals surface area contributed by atoms with Gasteiger partial charge in [0.15, 0.2) is 11.5 Å². The predicted molar refractivity (Wildman–Crippen MR) is 125 cm³/mol. The van der Waals surface area contributed by atoms with Gasteiger partial charge in [-0.1, -0.05) is 12.1 Å². The lowest BCUT2D eigenvalue weighted by molar-refractivity contribution is -0.119. The number of carbonyl (C=O) groups excluding carboxylic acids is 1. The van der Waals surface area contributed by atoms with Crippen molar-refractivity contribution in [1.29, 1.82) is 0 Å². The maximum Gasteiger partial charge on any atom is 0.248 e. The van der Waals surface area contributed by atoms with Crippen molar-refractivity contribution in [1.82, 2.24) is 29.7 Å². The van der Waals surface area contributed by atoms with Crippen molar-refractivity contribution in [3.05, 3.63) is 53.2 Å². The monoisotopic (exact) mass is 494 g/mol. The predicted octanol–water partition coefficient (Wildman–Crippen LogP) is 3.39. The second-order valence-corrected chi connectivity index (χ2v) is 9.57. The average Bonchev–Trinajstić information content (AvgIpc) is 3.30. The number of aromatic nitrogens is 6. The van der Waals surface area contributed by atoms with Gasteiger partial charge in [0.2, 0.25) is 11.8 Å². The van der Waals surface area contributed by atoms with Gasteiger partial charge in [-0.2, -0.15) is 5.10 Å². The summed E-state index contributed by atoms with van der Waals surface area (Å²) in [6.07, 6.45) is 1.44. The molecule has 0 radical (unpaired) electrons. The molecule has 12 heteroatoms. The van der Waals surface area contributed by atoms with Crippen LogP contribution in [0.3, 0.4) is 0 Å². The summed E-state index contributed by atoms with van der Waals surface area (Å²) >= 11 is 0. The molecule has 1 fully saturated rings. The van der Waals surface area contributed by atoms with E-state index in [1.54, 1.807) is 24.9 Å². The summed E-state index contributed by atoms with van der Waals surface area (Å²) in [5.74, 6) is -2.84. The van der Waals surface area contributed by atoms with Crippen molar-refractivity contribution < 1.29 is 18.0 Å². The molecular formula is C24H21F3N8O. The average molecular weight is 494 g/mol. The molecule has 1 amide bonds. The highest BCUT2D eigenvalue weighted by Crippen LogP contribution is 2.46. The molecule has 1 unspecified atom stereocenters. The number of fused-ring (bicyclic) bond motifs is 2. The topological polar surface area (TPSA) is 124 Å². The third-order valence-electron chi connectivity index (χ3n) is 7.04. The van der Waals surface area contributed by atoms with Crippen molar-refractivity contribution in [2.24, 2.45) is 13.0 Å². The van der Waals surface area contributed by atoms with Crippen molar-refractivity contribution in [3.8, 4) is 11.5 Å². The Morgan fingerprint density at radius 1 is 1.14 bits per heavy atom. The largest absolute Gasteiger partial charge is 0.383 e. The molecule has 0 saturated heterocycles. The van der Waals surface area contributed by atoms with Crippen LogP contribution in [0.4, 0.5) is 24.8 Å². The SMILES string of the molecule is Cn1ncc2c(-c3nc(N)c4c(n3)NC(=O)C4(C)c3ccc(F)cc3)nc(CC3CC(F)(F)C3)nc21. The first-order valence-corrected chi connectivity index (χ1v) is 11.4. The Hall–Kier alpha value is -4.09. The Balaban J connectivity index is 1.46. The van der Waals surface area contributed by atoms with E-state index in [4.69, 9.17) is 5.73 Å². The van der Waals surface area contributed by atoms with Crippen LogP contribution < -0.4 is 11.1 Å². The Morgan fingerprint density at radius 3 is 2.56 bits per heavy atom. The van der Waals surface area contributed by atoms with Gasteiger partial charge in [0.1, 0.15) is 34.4 Å². The van der Waals surface area contributed by atoms with Gasteiger partial charge in [0.25, 0.3) is 0 Å². The maximum absolute atomic E-state index is 13.5. The number of nitrogens with zero attached hydrogens (tertiary/aromatic N) is 6. The van der Waals surface area contributed by atoms with Crippen LogP contribution >= 0.6 is 0 Å². The normalized spacial score (nSPS) is 20.9. The number of alkyl halides is 2. The van der Waals surface area contributed by atoms with E-state index in [-0.39, 0.29) is 48.5 Å². The van der Waals surface area contributed by atoms with E-state index >= 15 is 0 Å². The van der Waals surface area contributed by atoms with E-state index in [0.717, 1.165) is 0 Å². The molecule has 1 aliphatic heterocycles. The molecule has 1 saturated carbocycles. The van der Waals surface area contributed by atoms with Crippen LogP contribution in [0.5, 0.6) is 0 Å². The Morgan fingerprint density at radius 2 is 1.86 bits per heavy atom. The first kappa shape index (κ1) is 22.4. The third-order valence-corrected chi connectivity index (χ3v) is 7.04. The number of nitrogens with one attached hydrogen (secondary N) is 1. The summed E-state index contributed by atoms with van der Waals surface area (Å²) in [5.41, 5.74) is 6.93. The number of carbonyl (C=O) groups is 1. The summed E-state index contributed by atoms with van der Waals surface area (Å²) in [6, 6.07) is 5.60. The molecule has 184 valence electrons. The van der Waals surface area contributed by atoms with Crippen LogP contribution in [0.25, 0.3) is 22.6 Å². The Bertz CT molecular complexity index is 1540. The second-order valence-electron chi connectivity index (χ2n) is 9.57. The van der Waals surface area contributed by atoms with E-state index in [1.807, 2.05) is 0 Å². The molecule has 4 aromatic rings. The van der Waals surface area contributed by atoms with Gasteiger partial charge in [-0.05, 0) is 30.5 Å². The fraction of sp³-hybridized carbons (Fsp3) is 0.333. The molecule has 0 spiro atoms. The summed E-state index contributed by atoms with van der Waals surface area (Å²) < 4.78 is 41.8. The van der Waals surface area contributed by atoms with E-state index < -0.39 is 17.2 Å². The lowest BCUT2D eigenvalue weighted by Crippen LogP contribution is -2.36. The maximum atomic E-state index is 13.5. The Labute approximate surface area is 203 Å².